The molecule has 8 nitrogen and oxygen atoms in total. The molecule has 0 aliphatic carbocycles. The molecule has 33 heavy (non-hydrogen) atoms. The van der Waals surface area contributed by atoms with E-state index in [4.69, 9.17) is 32.7 Å². The molecule has 1 unspecified atom stereocenters. The van der Waals surface area contributed by atoms with E-state index in [2.05, 4.69) is 9.84 Å². The largest absolute Gasteiger partial charge is 0.462 e. The Bertz CT molecular complexity index is 1070. The number of hydrogen-bond acceptors (Lipinski definition) is 7. The predicted octanol–water partition coefficient (Wildman–Crippen LogP) is 4.09. The molecule has 0 N–H and O–H groups in total. The van der Waals surface area contributed by atoms with Gasteiger partial charge >= 0.3 is 18.6 Å². The number of hydrogen-bond donors (Lipinski definition) is 0. The molecule has 2 aromatic rings. The van der Waals surface area contributed by atoms with E-state index in [1.165, 1.54) is 19.9 Å². The van der Waals surface area contributed by atoms with Crippen molar-refractivity contribution in [1.29, 1.82) is 5.26 Å². The number of rotatable bonds is 10. The Morgan fingerprint density at radius 3 is 2.64 bits per heavy atom. The minimum absolute atomic E-state index is 0.0169. The number of benzene rings is 1. The molecule has 178 valence electrons. The second kappa shape index (κ2) is 11.8. The van der Waals surface area contributed by atoms with Crippen molar-refractivity contribution in [3.05, 3.63) is 39.9 Å². The van der Waals surface area contributed by atoms with E-state index < -0.39 is 41.9 Å². The van der Waals surface area contributed by atoms with Gasteiger partial charge in [0.05, 0.1) is 5.88 Å². The van der Waals surface area contributed by atoms with Crippen LogP contribution in [0.5, 0.6) is 5.75 Å². The number of ether oxygens (including phenoxy) is 3. The van der Waals surface area contributed by atoms with Gasteiger partial charge in [-0.05, 0) is 38.0 Å². The van der Waals surface area contributed by atoms with E-state index in [0.29, 0.717) is 0 Å². The third-order valence-electron chi connectivity index (χ3n) is 4.22. The van der Waals surface area contributed by atoms with Crippen LogP contribution in [0, 0.1) is 24.1 Å². The van der Waals surface area contributed by atoms with Gasteiger partial charge in [0.2, 0.25) is 0 Å². The number of nitrogens with zero attached hydrogens (tertiary/aromatic N) is 3. The highest BCUT2D eigenvalue weighted by atomic mass is 35.5. The van der Waals surface area contributed by atoms with Gasteiger partial charge in [-0.2, -0.15) is 19.1 Å². The van der Waals surface area contributed by atoms with Crippen molar-refractivity contribution >= 4 is 35.1 Å². The van der Waals surface area contributed by atoms with E-state index in [-0.39, 0.29) is 47.3 Å². The van der Waals surface area contributed by atoms with Gasteiger partial charge in [0.25, 0.3) is 0 Å². The maximum atomic E-state index is 14.6. The molecular formula is C20H18Cl2F3N3O5. The number of halogens is 5. The maximum Gasteiger partial charge on any atom is 0.387 e. The zero-order valence-electron chi connectivity index (χ0n) is 17.4. The molecule has 0 saturated carbocycles. The fourth-order valence-corrected chi connectivity index (χ4v) is 3.07. The third kappa shape index (κ3) is 6.76. The predicted molar refractivity (Wildman–Crippen MR) is 110 cm³/mol. The second-order valence-electron chi connectivity index (χ2n) is 6.55. The van der Waals surface area contributed by atoms with Gasteiger partial charge in [-0.15, -0.1) is 11.6 Å². The first-order valence-electron chi connectivity index (χ1n) is 9.43. The van der Waals surface area contributed by atoms with Crippen LogP contribution in [0.2, 0.25) is 5.02 Å². The van der Waals surface area contributed by atoms with Crippen LogP contribution < -0.4 is 4.74 Å². The molecule has 1 aromatic heterocycles. The van der Waals surface area contributed by atoms with Crippen LogP contribution in [0.4, 0.5) is 13.2 Å². The van der Waals surface area contributed by atoms with Gasteiger partial charge < -0.3 is 14.2 Å². The zero-order chi connectivity index (χ0) is 24.7. The summed E-state index contributed by atoms with van der Waals surface area (Å²) in [7, 11) is 0. The minimum Gasteiger partial charge on any atom is -0.462 e. The van der Waals surface area contributed by atoms with Crippen LogP contribution in [-0.2, 0) is 25.5 Å². The number of carbonyl (C=O) groups excluding carboxylic acids is 2. The molecule has 0 fully saturated rings. The first-order valence-corrected chi connectivity index (χ1v) is 10.3. The maximum absolute atomic E-state index is 14.6. The molecule has 0 spiro atoms. The summed E-state index contributed by atoms with van der Waals surface area (Å²) >= 11 is 11.5. The Kier molecular flexibility index (Phi) is 9.37. The van der Waals surface area contributed by atoms with Crippen molar-refractivity contribution in [2.24, 2.45) is 0 Å². The molecule has 1 heterocycles. The van der Waals surface area contributed by atoms with Crippen molar-refractivity contribution in [3.63, 3.8) is 0 Å². The third-order valence-corrected chi connectivity index (χ3v) is 4.73. The summed E-state index contributed by atoms with van der Waals surface area (Å²) in [5.41, 5.74) is -0.467. The number of aromatic nitrogens is 2. The Labute approximate surface area is 196 Å². The van der Waals surface area contributed by atoms with E-state index in [9.17, 15) is 28.0 Å². The zero-order valence-corrected chi connectivity index (χ0v) is 18.9. The number of aryl methyl sites for hydroxylation is 2. The van der Waals surface area contributed by atoms with E-state index in [1.54, 1.807) is 6.07 Å². The molecule has 2 rings (SSSR count). The molecule has 0 aliphatic heterocycles. The highest BCUT2D eigenvalue weighted by molar-refractivity contribution is 6.31. The summed E-state index contributed by atoms with van der Waals surface area (Å²) in [5.74, 6) is -2.78. The second-order valence-corrected chi connectivity index (χ2v) is 7.33. The number of esters is 2. The highest BCUT2D eigenvalue weighted by Gasteiger charge is 2.24. The lowest BCUT2D eigenvalue weighted by atomic mass is 10.1. The molecule has 0 aliphatic rings. The Morgan fingerprint density at radius 1 is 1.33 bits per heavy atom. The summed E-state index contributed by atoms with van der Waals surface area (Å²) in [6.07, 6.45) is -1.39. The van der Waals surface area contributed by atoms with Crippen molar-refractivity contribution < 1.29 is 37.0 Å². The van der Waals surface area contributed by atoms with Crippen LogP contribution in [-0.4, -0.2) is 46.9 Å². The van der Waals surface area contributed by atoms with Crippen LogP contribution in [0.1, 0.15) is 30.3 Å². The fraction of sp³-hybridized carbons (Fsp3) is 0.400. The normalized spacial score (nSPS) is 11.7. The molecule has 0 amide bonds. The van der Waals surface area contributed by atoms with Crippen LogP contribution in [0.25, 0.3) is 5.69 Å². The molecular weight excluding hydrogens is 490 g/mol. The molecule has 1 aromatic carbocycles. The summed E-state index contributed by atoms with van der Waals surface area (Å²) in [5, 5.41) is 13.3. The standard InChI is InChI=1S/C20H18Cl2F3N3O5/c1-10-18(33-20(24)25)16(9-26)28(27-10)15-7-12(13(22)8-14(15)23)3-4-17(29)32-11(2)19(30)31-6-5-21/h7-8,11,20H,3-6H2,1-2H3. The Morgan fingerprint density at radius 2 is 2.03 bits per heavy atom. The smallest absolute Gasteiger partial charge is 0.387 e. The van der Waals surface area contributed by atoms with Crippen molar-refractivity contribution in [2.75, 3.05) is 12.5 Å². The van der Waals surface area contributed by atoms with Gasteiger partial charge in [0.1, 0.15) is 29.9 Å². The molecule has 13 heteroatoms. The topological polar surface area (TPSA) is 103 Å². The Hall–Kier alpha value is -2.97. The van der Waals surface area contributed by atoms with Crippen LogP contribution >= 0.6 is 23.2 Å². The summed E-state index contributed by atoms with van der Waals surface area (Å²) in [6.45, 7) is -0.587. The van der Waals surface area contributed by atoms with E-state index >= 15 is 0 Å². The monoisotopic (exact) mass is 507 g/mol. The van der Waals surface area contributed by atoms with Gasteiger partial charge in [0.15, 0.2) is 17.5 Å². The number of alkyl halides is 3. The molecule has 0 bridgehead atoms. The van der Waals surface area contributed by atoms with Gasteiger partial charge in [-0.25, -0.2) is 13.9 Å². The SMILES string of the molecule is Cc1nn(-c2cc(CCC(=O)OC(C)C(=O)OCCCl)c(Cl)cc2F)c(C#N)c1OC(F)F. The molecule has 1 atom stereocenters. The lowest BCUT2D eigenvalue weighted by molar-refractivity contribution is -0.166. The lowest BCUT2D eigenvalue weighted by Gasteiger charge is -2.13. The molecule has 0 radical (unpaired) electrons. The number of nitriles is 1. The average molecular weight is 508 g/mol. The fourth-order valence-electron chi connectivity index (χ4n) is 2.75. The Balaban J connectivity index is 2.22. The summed E-state index contributed by atoms with van der Waals surface area (Å²) < 4.78 is 54.8. The van der Waals surface area contributed by atoms with E-state index in [0.717, 1.165) is 10.7 Å². The van der Waals surface area contributed by atoms with Crippen LogP contribution in [0.3, 0.4) is 0 Å². The highest BCUT2D eigenvalue weighted by Crippen LogP contribution is 2.30. The summed E-state index contributed by atoms with van der Waals surface area (Å²) in [4.78, 5) is 23.7. The molecule has 0 saturated heterocycles. The van der Waals surface area contributed by atoms with Gasteiger partial charge in [-0.3, -0.25) is 4.79 Å². The van der Waals surface area contributed by atoms with Crippen molar-refractivity contribution in [2.45, 2.75) is 39.4 Å². The van der Waals surface area contributed by atoms with Gasteiger partial charge in [0, 0.05) is 11.4 Å². The quantitative estimate of drug-likeness (QED) is 0.352. The average Bonchev–Trinajstić information content (AvgIpc) is 3.05. The first-order chi connectivity index (χ1) is 15.6. The lowest BCUT2D eigenvalue weighted by Crippen LogP contribution is -2.27. The summed E-state index contributed by atoms with van der Waals surface area (Å²) in [6, 6.07) is 3.83. The van der Waals surface area contributed by atoms with Crippen molar-refractivity contribution in [1.82, 2.24) is 9.78 Å². The van der Waals surface area contributed by atoms with Gasteiger partial charge in [-0.1, -0.05) is 11.6 Å². The minimum atomic E-state index is -3.21. The van der Waals surface area contributed by atoms with Crippen LogP contribution in [0.15, 0.2) is 12.1 Å². The van der Waals surface area contributed by atoms with E-state index in [1.807, 2.05) is 0 Å². The van der Waals surface area contributed by atoms with Crippen molar-refractivity contribution in [3.8, 4) is 17.5 Å². The number of carbonyl (C=O) groups is 2. The first kappa shape index (κ1) is 26.3.